The van der Waals surface area contributed by atoms with Gasteiger partial charge in [-0.05, 0) is 57.8 Å². The molecule has 0 bridgehead atoms. The van der Waals surface area contributed by atoms with Crippen molar-refractivity contribution in [2.75, 3.05) is 26.4 Å². The van der Waals surface area contributed by atoms with Gasteiger partial charge in [0, 0.05) is 6.42 Å². The largest absolute Gasteiger partial charge is 0.394 e. The molecular weight excluding hydrogens is 1360 g/mol. The van der Waals surface area contributed by atoms with Gasteiger partial charge in [0.15, 0.2) is 18.9 Å². The third-order valence-electron chi connectivity index (χ3n) is 21.9. The van der Waals surface area contributed by atoms with Crippen LogP contribution in [0.4, 0.5) is 0 Å². The first-order chi connectivity index (χ1) is 52.3. The van der Waals surface area contributed by atoms with E-state index in [1.807, 2.05) is 0 Å². The number of rotatable bonds is 71. The van der Waals surface area contributed by atoms with Crippen molar-refractivity contribution in [2.24, 2.45) is 0 Å². The molecule has 3 rings (SSSR count). The maximum absolute atomic E-state index is 13.5. The van der Waals surface area contributed by atoms with Crippen LogP contribution in [-0.4, -0.2) is 193 Å². The lowest BCUT2D eigenvalue weighted by molar-refractivity contribution is -0.379. The lowest BCUT2D eigenvalue weighted by atomic mass is 9.96. The first-order valence-electron chi connectivity index (χ1n) is 44.0. The lowest BCUT2D eigenvalue weighted by Gasteiger charge is -2.48. The highest BCUT2D eigenvalue weighted by atomic mass is 16.8. The molecule has 17 atom stereocenters. The third kappa shape index (κ3) is 47.1. The Morgan fingerprint density at radius 3 is 1.01 bits per heavy atom. The summed E-state index contributed by atoms with van der Waals surface area (Å²) in [5.74, 6) is -0.237. The normalized spacial score (nSPS) is 25.8. The highest BCUT2D eigenvalue weighted by Crippen LogP contribution is 2.34. The highest BCUT2D eigenvalue weighted by Gasteiger charge is 2.54. The number of hydrogen-bond acceptors (Lipinski definition) is 18. The lowest BCUT2D eigenvalue weighted by Crippen LogP contribution is -2.66. The molecule has 0 radical (unpaired) electrons. The van der Waals surface area contributed by atoms with Crippen LogP contribution in [-0.2, 0) is 33.2 Å². The van der Waals surface area contributed by atoms with Crippen molar-refractivity contribution in [2.45, 2.75) is 465 Å². The highest BCUT2D eigenvalue weighted by molar-refractivity contribution is 5.76. The van der Waals surface area contributed by atoms with Gasteiger partial charge >= 0.3 is 0 Å². The van der Waals surface area contributed by atoms with E-state index in [2.05, 4.69) is 79.9 Å². The minimum absolute atomic E-state index is 0.237. The van der Waals surface area contributed by atoms with Crippen LogP contribution >= 0.6 is 0 Å². The summed E-state index contributed by atoms with van der Waals surface area (Å²) in [5, 5.41) is 121. The van der Waals surface area contributed by atoms with E-state index in [1.165, 1.54) is 250 Å². The van der Waals surface area contributed by atoms with Crippen LogP contribution in [0.5, 0.6) is 0 Å². The zero-order valence-corrected chi connectivity index (χ0v) is 67.4. The fourth-order valence-corrected chi connectivity index (χ4v) is 14.9. The molecule has 626 valence electrons. The number of unbranched alkanes of at least 4 members (excludes halogenated alkanes) is 45. The van der Waals surface area contributed by atoms with Crippen molar-refractivity contribution in [1.29, 1.82) is 0 Å². The molecule has 0 saturated carbocycles. The van der Waals surface area contributed by atoms with Crippen LogP contribution < -0.4 is 5.32 Å². The van der Waals surface area contributed by atoms with Crippen molar-refractivity contribution in [3.8, 4) is 0 Å². The average Bonchev–Trinajstić information content (AvgIpc) is 0.781. The van der Waals surface area contributed by atoms with Crippen LogP contribution in [0.3, 0.4) is 0 Å². The number of aliphatic hydroxyl groups excluding tert-OH is 11. The number of ether oxygens (including phenoxy) is 6. The Hall–Kier alpha value is -2.51. The van der Waals surface area contributed by atoms with E-state index < -0.39 is 124 Å². The van der Waals surface area contributed by atoms with E-state index in [0.29, 0.717) is 12.8 Å². The molecule has 1 amide bonds. The van der Waals surface area contributed by atoms with Crippen LogP contribution in [0.2, 0.25) is 0 Å². The van der Waals surface area contributed by atoms with Crippen LogP contribution in [0.25, 0.3) is 0 Å². The zero-order valence-electron chi connectivity index (χ0n) is 67.4. The van der Waals surface area contributed by atoms with E-state index in [1.54, 1.807) is 0 Å². The SMILES string of the molecule is CC/C=C\C/C=C\C/C=C\C/C=C\C/C=C\CCCCCCCCCCCCCCCCCCCCCC(=O)NC(COC1OC(CO)C(OC2OC(CO)C(OC3OC(CO)C(O)C(O)C3O)C(O)C2O)C(O)C1O)C(O)CCCCCCCCCCCCCCCCCCCCCCCCCCCCC. The van der Waals surface area contributed by atoms with Gasteiger partial charge in [-0.25, -0.2) is 0 Å². The monoisotopic (exact) mass is 1520 g/mol. The fraction of sp³-hybridized carbons (Fsp3) is 0.875. The predicted molar refractivity (Wildman–Crippen MR) is 429 cm³/mol. The summed E-state index contributed by atoms with van der Waals surface area (Å²) in [5.41, 5.74) is 0. The molecule has 3 fully saturated rings. The maximum atomic E-state index is 13.5. The molecule has 0 aromatic heterocycles. The number of carbonyl (C=O) groups excluding carboxylic acids is 1. The predicted octanol–water partition coefficient (Wildman–Crippen LogP) is 16.2. The third-order valence-corrected chi connectivity index (χ3v) is 21.9. The molecule has 17 unspecified atom stereocenters. The smallest absolute Gasteiger partial charge is 0.220 e. The Morgan fingerprint density at radius 1 is 0.346 bits per heavy atom. The average molecular weight is 1520 g/mol. The minimum Gasteiger partial charge on any atom is -0.394 e. The molecule has 0 aliphatic carbocycles. The van der Waals surface area contributed by atoms with Crippen molar-refractivity contribution in [3.05, 3.63) is 60.8 Å². The van der Waals surface area contributed by atoms with Gasteiger partial charge in [0.1, 0.15) is 73.2 Å². The van der Waals surface area contributed by atoms with E-state index in [9.17, 15) is 61.0 Å². The van der Waals surface area contributed by atoms with E-state index in [4.69, 9.17) is 28.4 Å². The standard InChI is InChI=1S/C88H161NO18/c1-3-5-7-9-11-13-15-17-19-21-23-25-27-29-31-32-33-34-35-36-37-38-40-42-44-46-48-50-52-54-56-58-60-62-64-66-76(94)89-71(72(93)65-63-61-59-57-55-53-51-49-47-45-43-41-39-30-28-26-24-22-20-18-16-14-12-10-8-6-4-2)70-102-86-82(100)79(97)84(74(68-91)104-86)107-88-83(101)80(98)85(75(69-92)105-88)106-87-81(99)78(96)77(95)73(67-90)103-87/h5,7,11,13,17,19,23,25,29,31,71-75,77-88,90-93,95-101H,3-4,6,8-10,12,14-16,18,20-22,24,26-28,30,32-70H2,1-2H3,(H,89,94)/b7-5-,13-11-,19-17-,25-23-,31-29-. The molecule has 12 N–H and O–H groups in total. The van der Waals surface area contributed by atoms with Crippen molar-refractivity contribution in [3.63, 3.8) is 0 Å². The second-order valence-electron chi connectivity index (χ2n) is 31.3. The van der Waals surface area contributed by atoms with Gasteiger partial charge < -0.3 is 89.9 Å². The molecule has 107 heavy (non-hydrogen) atoms. The molecule has 3 saturated heterocycles. The number of aliphatic hydroxyl groups is 11. The summed E-state index contributed by atoms with van der Waals surface area (Å²) in [6, 6.07) is -0.890. The fourth-order valence-electron chi connectivity index (χ4n) is 14.9. The van der Waals surface area contributed by atoms with Gasteiger partial charge in [0.25, 0.3) is 0 Å². The first kappa shape index (κ1) is 98.7. The molecule has 0 aromatic rings. The molecular formula is C88H161NO18. The number of amides is 1. The summed E-state index contributed by atoms with van der Waals surface area (Å²) in [6.07, 6.45) is 61.8. The minimum atomic E-state index is -1.97. The van der Waals surface area contributed by atoms with Crippen LogP contribution in [0, 0.1) is 0 Å². The molecule has 3 aliphatic rings. The Kier molecular flexibility index (Phi) is 62.7. The molecule has 19 heteroatoms. The number of nitrogens with one attached hydrogen (secondary N) is 1. The van der Waals surface area contributed by atoms with Gasteiger partial charge in [-0.1, -0.05) is 357 Å². The second-order valence-corrected chi connectivity index (χ2v) is 31.3. The Labute approximate surface area is 649 Å². The van der Waals surface area contributed by atoms with Crippen LogP contribution in [0.1, 0.15) is 361 Å². The van der Waals surface area contributed by atoms with E-state index >= 15 is 0 Å². The first-order valence-corrected chi connectivity index (χ1v) is 44.0. The van der Waals surface area contributed by atoms with Gasteiger partial charge in [0.2, 0.25) is 5.91 Å². The Morgan fingerprint density at radius 2 is 0.645 bits per heavy atom. The van der Waals surface area contributed by atoms with Crippen molar-refractivity contribution < 1.29 is 89.4 Å². The summed E-state index contributed by atoms with van der Waals surface area (Å²) < 4.78 is 34.6. The Bertz CT molecular complexity index is 2160. The number of carbonyl (C=O) groups is 1. The summed E-state index contributed by atoms with van der Waals surface area (Å²) >= 11 is 0. The number of allylic oxidation sites excluding steroid dienone is 10. The van der Waals surface area contributed by atoms with Gasteiger partial charge in [-0.15, -0.1) is 0 Å². The molecule has 0 aromatic carbocycles. The Balaban J connectivity index is 1.32. The van der Waals surface area contributed by atoms with E-state index in [-0.39, 0.29) is 18.9 Å². The van der Waals surface area contributed by atoms with Crippen LogP contribution in [0.15, 0.2) is 60.8 Å². The second kappa shape index (κ2) is 67.9. The summed E-state index contributed by atoms with van der Waals surface area (Å²) in [4.78, 5) is 13.5. The van der Waals surface area contributed by atoms with Crippen molar-refractivity contribution >= 4 is 5.91 Å². The number of hydrogen-bond donors (Lipinski definition) is 12. The van der Waals surface area contributed by atoms with Gasteiger partial charge in [0.05, 0.1) is 38.6 Å². The molecule has 3 aliphatic heterocycles. The quantitative estimate of drug-likeness (QED) is 0.0199. The molecule has 3 heterocycles. The van der Waals surface area contributed by atoms with E-state index in [0.717, 1.165) is 77.0 Å². The molecule has 0 spiro atoms. The topological polar surface area (TPSA) is 307 Å². The van der Waals surface area contributed by atoms with Gasteiger partial charge in [-0.3, -0.25) is 4.79 Å². The van der Waals surface area contributed by atoms with Gasteiger partial charge in [-0.2, -0.15) is 0 Å². The molecule has 19 nitrogen and oxygen atoms in total. The van der Waals surface area contributed by atoms with Crippen molar-refractivity contribution in [1.82, 2.24) is 5.32 Å². The summed E-state index contributed by atoms with van der Waals surface area (Å²) in [7, 11) is 0. The zero-order chi connectivity index (χ0) is 77.4. The maximum Gasteiger partial charge on any atom is 0.220 e. The summed E-state index contributed by atoms with van der Waals surface area (Å²) in [6.45, 7) is 1.75.